The summed E-state index contributed by atoms with van der Waals surface area (Å²) in [6, 6.07) is 3.93. The van der Waals surface area contributed by atoms with Gasteiger partial charge in [-0.05, 0) is 37.5 Å². The highest BCUT2D eigenvalue weighted by Crippen LogP contribution is 2.34. The van der Waals surface area contributed by atoms with E-state index in [-0.39, 0.29) is 5.56 Å². The monoisotopic (exact) mass is 257 g/mol. The summed E-state index contributed by atoms with van der Waals surface area (Å²) in [5.41, 5.74) is 4.57. The summed E-state index contributed by atoms with van der Waals surface area (Å²) in [5, 5.41) is 9.87. The van der Waals surface area contributed by atoms with Crippen molar-refractivity contribution in [3.8, 4) is 0 Å². The van der Waals surface area contributed by atoms with Gasteiger partial charge >= 0.3 is 0 Å². The van der Waals surface area contributed by atoms with Gasteiger partial charge in [0, 0.05) is 10.6 Å². The number of aliphatic hydroxyl groups is 1. The molecule has 0 amide bonds. The maximum atomic E-state index is 13.7. The Morgan fingerprint density at radius 2 is 2.24 bits per heavy atom. The van der Waals surface area contributed by atoms with Crippen molar-refractivity contribution in [1.29, 1.82) is 0 Å². The van der Waals surface area contributed by atoms with E-state index in [0.717, 1.165) is 0 Å². The van der Waals surface area contributed by atoms with Gasteiger partial charge < -0.3 is 10.8 Å². The number of ketones is 1. The molecule has 0 heterocycles. The fraction of sp³-hybridized carbons (Fsp3) is 0.417. The second-order valence-electron chi connectivity index (χ2n) is 4.37. The van der Waals surface area contributed by atoms with Crippen molar-refractivity contribution in [2.45, 2.75) is 30.9 Å². The summed E-state index contributed by atoms with van der Waals surface area (Å²) in [6.07, 6.45) is 0.155. The van der Waals surface area contributed by atoms with E-state index >= 15 is 0 Å². The van der Waals surface area contributed by atoms with E-state index in [4.69, 9.17) is 17.3 Å². The van der Waals surface area contributed by atoms with Crippen LogP contribution in [0, 0.1) is 5.82 Å². The van der Waals surface area contributed by atoms with Crippen molar-refractivity contribution >= 4 is 17.4 Å². The lowest BCUT2D eigenvalue weighted by Crippen LogP contribution is -2.53. The Morgan fingerprint density at radius 3 is 2.94 bits per heavy atom. The molecule has 1 aromatic carbocycles. The van der Waals surface area contributed by atoms with Crippen LogP contribution in [0.5, 0.6) is 0 Å². The molecule has 0 radical (unpaired) electrons. The Kier molecular flexibility index (Phi) is 3.21. The van der Waals surface area contributed by atoms with Gasteiger partial charge in [-0.25, -0.2) is 4.39 Å². The highest BCUT2D eigenvalue weighted by Gasteiger charge is 2.44. The van der Waals surface area contributed by atoms with Gasteiger partial charge in [0.15, 0.2) is 5.78 Å². The Labute approximate surface area is 103 Å². The van der Waals surface area contributed by atoms with Crippen molar-refractivity contribution in [3.05, 3.63) is 34.6 Å². The lowest BCUT2D eigenvalue weighted by Gasteiger charge is -2.35. The third-order valence-electron chi connectivity index (χ3n) is 3.20. The predicted molar refractivity (Wildman–Crippen MR) is 62.1 cm³/mol. The third kappa shape index (κ3) is 2.08. The quantitative estimate of drug-likeness (QED) is 0.806. The molecule has 0 saturated heterocycles. The van der Waals surface area contributed by atoms with Crippen LogP contribution in [0.2, 0.25) is 5.02 Å². The van der Waals surface area contributed by atoms with Crippen LogP contribution >= 0.6 is 11.6 Å². The molecule has 1 fully saturated rings. The van der Waals surface area contributed by atoms with Gasteiger partial charge in [-0.1, -0.05) is 11.6 Å². The summed E-state index contributed by atoms with van der Waals surface area (Å²) in [7, 11) is 0. The summed E-state index contributed by atoms with van der Waals surface area (Å²) in [4.78, 5) is 11.9. The molecule has 5 heteroatoms. The molecule has 2 atom stereocenters. The minimum Gasteiger partial charge on any atom is -0.385 e. The molecule has 17 heavy (non-hydrogen) atoms. The molecule has 1 saturated carbocycles. The number of halogens is 2. The lowest BCUT2D eigenvalue weighted by molar-refractivity contribution is -0.136. The van der Waals surface area contributed by atoms with E-state index in [9.17, 15) is 14.3 Å². The van der Waals surface area contributed by atoms with Crippen molar-refractivity contribution in [2.24, 2.45) is 5.73 Å². The maximum absolute atomic E-state index is 13.7. The first-order valence-electron chi connectivity index (χ1n) is 5.42. The minimum atomic E-state index is -1.47. The van der Waals surface area contributed by atoms with Crippen molar-refractivity contribution in [3.63, 3.8) is 0 Å². The molecule has 1 aliphatic rings. The van der Waals surface area contributed by atoms with E-state index in [1.807, 2.05) is 0 Å². The first-order valence-corrected chi connectivity index (χ1v) is 5.80. The lowest BCUT2D eigenvalue weighted by atomic mass is 9.75. The molecule has 1 aromatic rings. The Morgan fingerprint density at radius 1 is 1.53 bits per heavy atom. The van der Waals surface area contributed by atoms with Crippen LogP contribution < -0.4 is 5.73 Å². The largest absolute Gasteiger partial charge is 0.385 e. The van der Waals surface area contributed by atoms with E-state index in [2.05, 4.69) is 0 Å². The standard InChI is InChI=1S/C12H13ClFNO2/c13-7-3-4-9(14)8(6-7)12(15)5-1-2-10(16)11(12)17/h3-4,6,10,16H,1-2,5,15H2. The minimum absolute atomic E-state index is 0.0637. The molecule has 0 spiro atoms. The highest BCUT2D eigenvalue weighted by molar-refractivity contribution is 6.30. The molecule has 3 N–H and O–H groups in total. The average Bonchev–Trinajstić information content (AvgIpc) is 2.29. The molecule has 0 aliphatic heterocycles. The normalized spacial score (nSPS) is 29.4. The number of hydrogen-bond acceptors (Lipinski definition) is 3. The first kappa shape index (κ1) is 12.5. The Bertz CT molecular complexity index is 466. The Hall–Kier alpha value is -0.970. The highest BCUT2D eigenvalue weighted by atomic mass is 35.5. The van der Waals surface area contributed by atoms with Crippen LogP contribution in [-0.2, 0) is 10.3 Å². The number of Topliss-reactive ketones (excluding diaryl/α,β-unsaturated/α-hetero) is 1. The maximum Gasteiger partial charge on any atom is 0.185 e. The summed E-state index contributed by atoms with van der Waals surface area (Å²) in [6.45, 7) is 0. The van der Waals surface area contributed by atoms with Crippen LogP contribution in [0.15, 0.2) is 18.2 Å². The van der Waals surface area contributed by atoms with E-state index in [1.54, 1.807) is 0 Å². The van der Waals surface area contributed by atoms with Gasteiger partial charge in [0.2, 0.25) is 0 Å². The molecule has 0 aromatic heterocycles. The smallest absolute Gasteiger partial charge is 0.185 e. The fourth-order valence-corrected chi connectivity index (χ4v) is 2.40. The molecule has 2 unspecified atom stereocenters. The molecule has 2 rings (SSSR count). The van der Waals surface area contributed by atoms with Gasteiger partial charge in [-0.2, -0.15) is 0 Å². The SMILES string of the molecule is NC1(c2cc(Cl)ccc2F)CCCC(O)C1=O. The van der Waals surface area contributed by atoms with Crippen molar-refractivity contribution in [1.82, 2.24) is 0 Å². The van der Waals surface area contributed by atoms with Gasteiger partial charge in [0.05, 0.1) is 0 Å². The fourth-order valence-electron chi connectivity index (χ4n) is 2.23. The molecular weight excluding hydrogens is 245 g/mol. The second-order valence-corrected chi connectivity index (χ2v) is 4.80. The zero-order valence-electron chi connectivity index (χ0n) is 9.12. The molecular formula is C12H13ClFNO2. The number of carbonyl (C=O) groups is 1. The Balaban J connectivity index is 2.50. The van der Waals surface area contributed by atoms with E-state index < -0.39 is 23.2 Å². The molecule has 92 valence electrons. The van der Waals surface area contributed by atoms with Gasteiger partial charge in [-0.3, -0.25) is 4.79 Å². The second kappa shape index (κ2) is 4.37. The first-order chi connectivity index (χ1) is 7.95. The zero-order valence-corrected chi connectivity index (χ0v) is 9.88. The van der Waals surface area contributed by atoms with E-state index in [0.29, 0.717) is 24.3 Å². The molecule has 0 bridgehead atoms. The predicted octanol–water partition coefficient (Wildman–Crippen LogP) is 1.75. The van der Waals surface area contributed by atoms with Crippen LogP contribution in [0.4, 0.5) is 4.39 Å². The number of nitrogens with two attached hydrogens (primary N) is 1. The van der Waals surface area contributed by atoms with Crippen LogP contribution in [0.1, 0.15) is 24.8 Å². The van der Waals surface area contributed by atoms with E-state index in [1.165, 1.54) is 18.2 Å². The van der Waals surface area contributed by atoms with Crippen LogP contribution in [0.25, 0.3) is 0 Å². The van der Waals surface area contributed by atoms with Gasteiger partial charge in [0.25, 0.3) is 0 Å². The summed E-state index contributed by atoms with van der Waals surface area (Å²) in [5.74, 6) is -1.11. The number of hydrogen-bond donors (Lipinski definition) is 2. The average molecular weight is 258 g/mol. The zero-order chi connectivity index (χ0) is 12.6. The molecule has 3 nitrogen and oxygen atoms in total. The van der Waals surface area contributed by atoms with Gasteiger partial charge in [-0.15, -0.1) is 0 Å². The molecule has 1 aliphatic carbocycles. The number of benzene rings is 1. The summed E-state index contributed by atoms with van der Waals surface area (Å²) < 4.78 is 13.7. The number of carbonyl (C=O) groups excluding carboxylic acids is 1. The topological polar surface area (TPSA) is 63.3 Å². The number of aliphatic hydroxyl groups excluding tert-OH is 1. The van der Waals surface area contributed by atoms with Gasteiger partial charge in [0.1, 0.15) is 17.5 Å². The van der Waals surface area contributed by atoms with Crippen LogP contribution in [0.3, 0.4) is 0 Å². The van der Waals surface area contributed by atoms with Crippen molar-refractivity contribution in [2.75, 3.05) is 0 Å². The van der Waals surface area contributed by atoms with Crippen molar-refractivity contribution < 1.29 is 14.3 Å². The van der Waals surface area contributed by atoms with Crippen LogP contribution in [-0.4, -0.2) is 17.0 Å². The number of rotatable bonds is 1. The summed E-state index contributed by atoms with van der Waals surface area (Å²) >= 11 is 5.79. The third-order valence-corrected chi connectivity index (χ3v) is 3.44.